The van der Waals surface area contributed by atoms with Crippen molar-refractivity contribution >= 4 is 45.4 Å². The van der Waals surface area contributed by atoms with Gasteiger partial charge in [0.2, 0.25) is 11.0 Å². The van der Waals surface area contributed by atoms with E-state index in [1.807, 2.05) is 50.2 Å². The van der Waals surface area contributed by atoms with Gasteiger partial charge in [-0.15, -0.1) is 10.2 Å². The molecule has 2 aromatic carbocycles. The van der Waals surface area contributed by atoms with Crippen LogP contribution in [0.5, 0.6) is 0 Å². The average Bonchev–Trinajstić information content (AvgIpc) is 3.31. The molecule has 0 unspecified atom stereocenters. The number of aromatic nitrogens is 3. The highest BCUT2D eigenvalue weighted by molar-refractivity contribution is 7.15. The van der Waals surface area contributed by atoms with Crippen molar-refractivity contribution in [1.29, 1.82) is 0 Å². The van der Waals surface area contributed by atoms with Crippen molar-refractivity contribution in [2.24, 2.45) is 5.10 Å². The predicted molar refractivity (Wildman–Crippen MR) is 122 cm³/mol. The molecule has 0 spiro atoms. The van der Waals surface area contributed by atoms with Crippen LogP contribution < -0.4 is 10.7 Å². The van der Waals surface area contributed by atoms with Gasteiger partial charge in [-0.1, -0.05) is 47.2 Å². The zero-order chi connectivity index (χ0) is 21.8. The smallest absolute Gasteiger partial charge is 0.257 e. The molecule has 31 heavy (non-hydrogen) atoms. The quantitative estimate of drug-likeness (QED) is 0.319. The second-order valence-corrected chi connectivity index (χ2v) is 8.07. The summed E-state index contributed by atoms with van der Waals surface area (Å²) >= 11 is 1.15. The highest BCUT2D eigenvalue weighted by atomic mass is 32.1. The Hall–Kier alpha value is -3.85. The molecule has 0 aliphatic rings. The summed E-state index contributed by atoms with van der Waals surface area (Å²) in [5.41, 5.74) is 6.95. The monoisotopic (exact) mass is 432 g/mol. The van der Waals surface area contributed by atoms with E-state index < -0.39 is 0 Å². The first-order chi connectivity index (χ1) is 15.0. The molecular weight excluding hydrogens is 412 g/mol. The van der Waals surface area contributed by atoms with Crippen molar-refractivity contribution < 1.29 is 9.59 Å². The molecule has 0 fully saturated rings. The van der Waals surface area contributed by atoms with Gasteiger partial charge >= 0.3 is 0 Å². The number of amides is 2. The first-order valence-corrected chi connectivity index (χ1v) is 10.4. The van der Waals surface area contributed by atoms with E-state index in [1.54, 1.807) is 18.3 Å². The normalized spacial score (nSPS) is 11.2. The Morgan fingerprint density at radius 2 is 1.97 bits per heavy atom. The number of anilines is 1. The molecule has 2 aromatic heterocycles. The third-order valence-corrected chi connectivity index (χ3v) is 5.44. The summed E-state index contributed by atoms with van der Waals surface area (Å²) in [7, 11) is 0. The van der Waals surface area contributed by atoms with Crippen molar-refractivity contribution in [2.45, 2.75) is 20.3 Å². The van der Waals surface area contributed by atoms with Crippen LogP contribution in [0.2, 0.25) is 0 Å². The number of fused-ring (bicyclic) bond motifs is 1. The van der Waals surface area contributed by atoms with Gasteiger partial charge in [0.15, 0.2) is 0 Å². The van der Waals surface area contributed by atoms with E-state index in [2.05, 4.69) is 31.0 Å². The number of nitrogens with zero attached hydrogens (tertiary/aromatic N) is 3. The second-order valence-electron chi connectivity index (χ2n) is 7.00. The number of benzene rings is 2. The summed E-state index contributed by atoms with van der Waals surface area (Å²) in [6.07, 6.45) is 1.64. The molecule has 2 amide bonds. The summed E-state index contributed by atoms with van der Waals surface area (Å²) in [5.74, 6) is -0.587. The Kier molecular flexibility index (Phi) is 5.85. The van der Waals surface area contributed by atoms with Gasteiger partial charge in [-0.3, -0.25) is 14.9 Å². The second kappa shape index (κ2) is 8.88. The molecular formula is C22H20N6O2S. The zero-order valence-corrected chi connectivity index (χ0v) is 17.8. The Bertz CT molecular complexity index is 1290. The number of aryl methyl sites for hydroxylation is 2. The minimum absolute atomic E-state index is 0.0161. The van der Waals surface area contributed by atoms with E-state index in [9.17, 15) is 9.59 Å². The Morgan fingerprint density at radius 3 is 2.81 bits per heavy atom. The van der Waals surface area contributed by atoms with Crippen LogP contribution in [0.4, 0.5) is 5.13 Å². The third-order valence-electron chi connectivity index (χ3n) is 4.61. The molecule has 0 atom stereocenters. The number of para-hydroxylation sites is 1. The van der Waals surface area contributed by atoms with Crippen LogP contribution in [0.3, 0.4) is 0 Å². The lowest BCUT2D eigenvalue weighted by atomic mass is 10.1. The van der Waals surface area contributed by atoms with E-state index in [0.29, 0.717) is 15.7 Å². The van der Waals surface area contributed by atoms with Gasteiger partial charge in [0, 0.05) is 27.7 Å². The molecule has 3 N–H and O–H groups in total. The Morgan fingerprint density at radius 1 is 1.13 bits per heavy atom. The number of hydrogen-bond acceptors (Lipinski definition) is 6. The molecule has 4 aromatic rings. The van der Waals surface area contributed by atoms with Crippen molar-refractivity contribution in [2.75, 3.05) is 5.32 Å². The summed E-state index contributed by atoms with van der Waals surface area (Å²) in [6.45, 7) is 3.87. The van der Waals surface area contributed by atoms with E-state index in [4.69, 9.17) is 0 Å². The van der Waals surface area contributed by atoms with Crippen molar-refractivity contribution in [3.05, 3.63) is 75.9 Å². The van der Waals surface area contributed by atoms with E-state index in [-0.39, 0.29) is 18.2 Å². The number of rotatable bonds is 6. The summed E-state index contributed by atoms with van der Waals surface area (Å²) in [6, 6.07) is 15.2. The van der Waals surface area contributed by atoms with Crippen LogP contribution in [-0.4, -0.2) is 33.2 Å². The molecule has 2 heterocycles. The number of carbonyl (C=O) groups excluding carboxylic acids is 2. The topological polar surface area (TPSA) is 112 Å². The molecule has 8 nitrogen and oxygen atoms in total. The number of hydrazone groups is 1. The lowest BCUT2D eigenvalue weighted by Crippen LogP contribution is -2.19. The van der Waals surface area contributed by atoms with Gasteiger partial charge in [0.25, 0.3) is 5.91 Å². The fourth-order valence-electron chi connectivity index (χ4n) is 3.14. The van der Waals surface area contributed by atoms with Crippen LogP contribution in [-0.2, 0) is 11.2 Å². The number of aromatic amines is 1. The van der Waals surface area contributed by atoms with Crippen LogP contribution in [0.1, 0.15) is 32.2 Å². The van der Waals surface area contributed by atoms with Crippen LogP contribution in [0.15, 0.2) is 53.6 Å². The molecule has 9 heteroatoms. The van der Waals surface area contributed by atoms with Gasteiger partial charge in [0.1, 0.15) is 5.01 Å². The maximum absolute atomic E-state index is 12.3. The van der Waals surface area contributed by atoms with Crippen LogP contribution in [0, 0.1) is 13.8 Å². The van der Waals surface area contributed by atoms with Gasteiger partial charge in [-0.05, 0) is 32.0 Å². The van der Waals surface area contributed by atoms with Gasteiger partial charge in [-0.2, -0.15) is 5.10 Å². The lowest BCUT2D eigenvalue weighted by molar-refractivity contribution is -0.120. The molecule has 4 rings (SSSR count). The molecule has 156 valence electrons. The fraction of sp³-hybridized carbons (Fsp3) is 0.136. The largest absolute Gasteiger partial charge is 0.358 e. The zero-order valence-electron chi connectivity index (χ0n) is 17.0. The SMILES string of the molecule is Cc1cccc(C(=O)Nc2nnc(CC(=O)N/N=C\c3c(C)[nH]c4ccccc34)s2)c1. The first-order valence-electron chi connectivity index (χ1n) is 9.59. The van der Waals surface area contributed by atoms with Gasteiger partial charge in [0.05, 0.1) is 12.6 Å². The molecule has 0 bridgehead atoms. The van der Waals surface area contributed by atoms with Gasteiger partial charge in [-0.25, -0.2) is 5.43 Å². The standard InChI is InChI=1S/C22H20N6O2S/c1-13-6-5-7-15(10-13)21(30)25-22-28-27-20(31-22)11-19(29)26-23-12-17-14(2)24-18-9-4-3-8-16(17)18/h3-10,12,24H,11H2,1-2H3,(H,26,29)(H,25,28,30)/b23-12-. The highest BCUT2D eigenvalue weighted by Crippen LogP contribution is 2.20. The molecule has 0 saturated carbocycles. The molecule has 0 saturated heterocycles. The number of nitrogens with one attached hydrogen (secondary N) is 3. The number of carbonyl (C=O) groups is 2. The third kappa shape index (κ3) is 4.84. The maximum Gasteiger partial charge on any atom is 0.257 e. The predicted octanol–water partition coefficient (Wildman–Crippen LogP) is 3.58. The van der Waals surface area contributed by atoms with Crippen LogP contribution >= 0.6 is 11.3 Å². The summed E-state index contributed by atoms with van der Waals surface area (Å²) in [4.78, 5) is 27.8. The average molecular weight is 433 g/mol. The van der Waals surface area contributed by atoms with E-state index in [0.717, 1.165) is 39.1 Å². The van der Waals surface area contributed by atoms with Crippen molar-refractivity contribution in [1.82, 2.24) is 20.6 Å². The molecule has 0 aliphatic heterocycles. The number of H-pyrrole nitrogens is 1. The van der Waals surface area contributed by atoms with Gasteiger partial charge < -0.3 is 4.98 Å². The minimum Gasteiger partial charge on any atom is -0.358 e. The maximum atomic E-state index is 12.3. The van der Waals surface area contributed by atoms with E-state index in [1.165, 1.54) is 0 Å². The first kappa shape index (κ1) is 20.4. The summed E-state index contributed by atoms with van der Waals surface area (Å²) < 4.78 is 0. The Balaban J connectivity index is 1.34. The van der Waals surface area contributed by atoms with Crippen LogP contribution in [0.25, 0.3) is 10.9 Å². The fourth-order valence-corrected chi connectivity index (χ4v) is 3.88. The highest BCUT2D eigenvalue weighted by Gasteiger charge is 2.13. The minimum atomic E-state index is -0.318. The van der Waals surface area contributed by atoms with Crippen molar-refractivity contribution in [3.63, 3.8) is 0 Å². The lowest BCUT2D eigenvalue weighted by Gasteiger charge is -2.01. The Labute approximate surface area is 182 Å². The molecule has 0 radical (unpaired) electrons. The van der Waals surface area contributed by atoms with Crippen molar-refractivity contribution in [3.8, 4) is 0 Å². The summed E-state index contributed by atoms with van der Waals surface area (Å²) in [5, 5.41) is 16.5. The number of hydrogen-bond donors (Lipinski definition) is 3. The molecule has 0 aliphatic carbocycles. The van der Waals surface area contributed by atoms with E-state index >= 15 is 0 Å².